The number of nitrogens with zero attached hydrogens (tertiary/aromatic N) is 2. The molecule has 2 aromatic heterocycles. The van der Waals surface area contributed by atoms with Crippen LogP contribution in [0.15, 0.2) is 54.6 Å². The van der Waals surface area contributed by atoms with Gasteiger partial charge in [-0.05, 0) is 36.8 Å². The zero-order valence-corrected chi connectivity index (χ0v) is 17.1. The van der Waals surface area contributed by atoms with Gasteiger partial charge in [0.25, 0.3) is 0 Å². The zero-order chi connectivity index (χ0) is 19.9. The van der Waals surface area contributed by atoms with Crippen molar-refractivity contribution in [1.29, 1.82) is 0 Å². The van der Waals surface area contributed by atoms with Gasteiger partial charge in [0.2, 0.25) is 0 Å². The van der Waals surface area contributed by atoms with Gasteiger partial charge in [0, 0.05) is 22.2 Å². The number of para-hydroxylation sites is 1. The molecule has 1 aliphatic carbocycles. The van der Waals surface area contributed by atoms with Crippen LogP contribution in [0.3, 0.4) is 0 Å². The number of aromatic amines is 2. The lowest BCUT2D eigenvalue weighted by Crippen LogP contribution is -2.38. The Labute approximate surface area is 176 Å². The maximum absolute atomic E-state index is 4.88. The molecule has 30 heavy (non-hydrogen) atoms. The molecule has 4 aromatic rings. The quantitative estimate of drug-likeness (QED) is 0.430. The summed E-state index contributed by atoms with van der Waals surface area (Å²) in [5.41, 5.74) is 5.13. The standard InChI is InChI=1S/C25H27N5/c1-3-9-16(10-4-1)22-23-19(18-13-7-8-14-20(18)26-23)15-21(27-22)25-28-24(29-30-25)17-11-5-2-6-12-17/h2,5-8,11-14,16,21-22,26-27H,1,3-4,9-10,15H2,(H,28,29,30)/t21-,22?/m1/s1. The van der Waals surface area contributed by atoms with E-state index in [0.717, 1.165) is 23.6 Å². The average Bonchev–Trinajstić information content (AvgIpc) is 3.45. The summed E-state index contributed by atoms with van der Waals surface area (Å²) in [5.74, 6) is 2.38. The van der Waals surface area contributed by atoms with Crippen LogP contribution in [0, 0.1) is 5.92 Å². The van der Waals surface area contributed by atoms with E-state index in [-0.39, 0.29) is 6.04 Å². The summed E-state index contributed by atoms with van der Waals surface area (Å²) < 4.78 is 0. The first kappa shape index (κ1) is 17.9. The minimum atomic E-state index is 0.147. The summed E-state index contributed by atoms with van der Waals surface area (Å²) >= 11 is 0. The van der Waals surface area contributed by atoms with Crippen molar-refractivity contribution in [3.8, 4) is 11.4 Å². The Morgan fingerprint density at radius 2 is 1.67 bits per heavy atom. The van der Waals surface area contributed by atoms with Crippen molar-refractivity contribution in [2.75, 3.05) is 0 Å². The average molecular weight is 398 g/mol. The van der Waals surface area contributed by atoms with Gasteiger partial charge in [0.15, 0.2) is 5.82 Å². The van der Waals surface area contributed by atoms with E-state index >= 15 is 0 Å². The van der Waals surface area contributed by atoms with Crippen LogP contribution in [0.25, 0.3) is 22.3 Å². The summed E-state index contributed by atoms with van der Waals surface area (Å²) in [7, 11) is 0. The molecule has 0 radical (unpaired) electrons. The largest absolute Gasteiger partial charge is 0.357 e. The van der Waals surface area contributed by atoms with Crippen LogP contribution in [0.5, 0.6) is 0 Å². The summed E-state index contributed by atoms with van der Waals surface area (Å²) in [6.45, 7) is 0. The molecule has 1 unspecified atom stereocenters. The third-order valence-electron chi connectivity index (χ3n) is 6.93. The number of benzene rings is 2. The van der Waals surface area contributed by atoms with Gasteiger partial charge >= 0.3 is 0 Å². The number of rotatable bonds is 3. The first-order chi connectivity index (χ1) is 14.9. The predicted octanol–water partition coefficient (Wildman–Crippen LogP) is 5.46. The number of fused-ring (bicyclic) bond motifs is 3. The van der Waals surface area contributed by atoms with E-state index in [4.69, 9.17) is 4.98 Å². The van der Waals surface area contributed by atoms with Gasteiger partial charge < -0.3 is 4.98 Å². The molecule has 0 amide bonds. The van der Waals surface area contributed by atoms with Gasteiger partial charge in [-0.15, -0.1) is 0 Å². The van der Waals surface area contributed by atoms with Crippen LogP contribution in [0.1, 0.15) is 61.3 Å². The summed E-state index contributed by atoms with van der Waals surface area (Å²) in [6.07, 6.45) is 7.56. The Kier molecular flexibility index (Phi) is 4.42. The summed E-state index contributed by atoms with van der Waals surface area (Å²) in [4.78, 5) is 8.64. The Bertz CT molecular complexity index is 1150. The van der Waals surface area contributed by atoms with Crippen LogP contribution < -0.4 is 5.32 Å². The molecule has 6 rings (SSSR count). The fraction of sp³-hybridized carbons (Fsp3) is 0.360. The van der Waals surface area contributed by atoms with Gasteiger partial charge in [0.1, 0.15) is 5.82 Å². The molecule has 0 bridgehead atoms. The lowest BCUT2D eigenvalue weighted by atomic mass is 9.79. The van der Waals surface area contributed by atoms with Gasteiger partial charge in [-0.1, -0.05) is 67.8 Å². The van der Waals surface area contributed by atoms with E-state index in [9.17, 15) is 0 Å². The third-order valence-corrected chi connectivity index (χ3v) is 6.93. The first-order valence-corrected chi connectivity index (χ1v) is 11.2. The van der Waals surface area contributed by atoms with Gasteiger partial charge in [-0.25, -0.2) is 4.98 Å². The van der Waals surface area contributed by atoms with Gasteiger partial charge in [-0.3, -0.25) is 10.4 Å². The molecule has 5 heteroatoms. The van der Waals surface area contributed by atoms with Crippen LogP contribution in [-0.2, 0) is 6.42 Å². The summed E-state index contributed by atoms with van der Waals surface area (Å²) in [6, 6.07) is 19.4. The number of hydrogen-bond donors (Lipinski definition) is 3. The van der Waals surface area contributed by atoms with E-state index in [1.165, 1.54) is 54.3 Å². The number of H-pyrrole nitrogens is 2. The van der Waals surface area contributed by atoms with Crippen molar-refractivity contribution in [2.24, 2.45) is 5.92 Å². The highest BCUT2D eigenvalue weighted by Crippen LogP contribution is 2.42. The van der Waals surface area contributed by atoms with Gasteiger partial charge in [0.05, 0.1) is 12.1 Å². The summed E-state index contributed by atoms with van der Waals surface area (Å²) in [5, 5.41) is 13.1. The predicted molar refractivity (Wildman–Crippen MR) is 119 cm³/mol. The molecule has 2 atom stereocenters. The third kappa shape index (κ3) is 3.05. The Hall–Kier alpha value is -2.92. The SMILES string of the molecule is c1ccc(-c2n[nH]c([C@H]3Cc4c([nH]c5ccccc45)C(C4CCCCC4)N3)n2)cc1. The molecule has 5 nitrogen and oxygen atoms in total. The molecule has 1 fully saturated rings. The fourth-order valence-electron chi connectivity index (χ4n) is 5.43. The Morgan fingerprint density at radius 1 is 0.867 bits per heavy atom. The molecule has 152 valence electrons. The van der Waals surface area contributed by atoms with Crippen molar-refractivity contribution in [3.05, 3.63) is 71.7 Å². The van der Waals surface area contributed by atoms with E-state index in [0.29, 0.717) is 12.0 Å². The lowest BCUT2D eigenvalue weighted by molar-refractivity contribution is 0.236. The first-order valence-electron chi connectivity index (χ1n) is 11.2. The molecule has 2 aromatic carbocycles. The molecule has 3 N–H and O–H groups in total. The monoisotopic (exact) mass is 397 g/mol. The fourth-order valence-corrected chi connectivity index (χ4v) is 5.43. The second kappa shape index (κ2) is 7.40. The van der Waals surface area contributed by atoms with Crippen molar-refractivity contribution < 1.29 is 0 Å². The van der Waals surface area contributed by atoms with Crippen molar-refractivity contribution >= 4 is 10.9 Å². The van der Waals surface area contributed by atoms with E-state index in [1.54, 1.807) is 0 Å². The van der Waals surface area contributed by atoms with Crippen LogP contribution in [-0.4, -0.2) is 20.2 Å². The second-order valence-electron chi connectivity index (χ2n) is 8.77. The highest BCUT2D eigenvalue weighted by Gasteiger charge is 2.36. The maximum atomic E-state index is 4.88. The minimum absolute atomic E-state index is 0.147. The van der Waals surface area contributed by atoms with Gasteiger partial charge in [-0.2, -0.15) is 5.10 Å². The topological polar surface area (TPSA) is 69.4 Å². The Morgan fingerprint density at radius 3 is 2.53 bits per heavy atom. The lowest BCUT2D eigenvalue weighted by Gasteiger charge is -2.37. The highest BCUT2D eigenvalue weighted by atomic mass is 15.2. The molecule has 1 aliphatic heterocycles. The van der Waals surface area contributed by atoms with Crippen LogP contribution >= 0.6 is 0 Å². The molecule has 0 saturated heterocycles. The minimum Gasteiger partial charge on any atom is -0.357 e. The number of nitrogens with one attached hydrogen (secondary N) is 3. The smallest absolute Gasteiger partial charge is 0.181 e. The van der Waals surface area contributed by atoms with E-state index in [1.807, 2.05) is 18.2 Å². The van der Waals surface area contributed by atoms with Crippen molar-refractivity contribution in [3.63, 3.8) is 0 Å². The Balaban J connectivity index is 1.39. The molecule has 0 spiro atoms. The highest BCUT2D eigenvalue weighted by molar-refractivity contribution is 5.85. The molecular formula is C25H27N5. The molecular weight excluding hydrogens is 370 g/mol. The second-order valence-corrected chi connectivity index (χ2v) is 8.77. The zero-order valence-electron chi connectivity index (χ0n) is 17.1. The molecule has 1 saturated carbocycles. The van der Waals surface area contributed by atoms with Crippen LogP contribution in [0.4, 0.5) is 0 Å². The van der Waals surface area contributed by atoms with Crippen molar-refractivity contribution in [2.45, 2.75) is 50.6 Å². The maximum Gasteiger partial charge on any atom is 0.181 e. The normalized spacial score (nSPS) is 22.3. The number of hydrogen-bond acceptors (Lipinski definition) is 3. The van der Waals surface area contributed by atoms with Crippen molar-refractivity contribution in [1.82, 2.24) is 25.5 Å². The molecule has 2 aliphatic rings. The van der Waals surface area contributed by atoms with Crippen LogP contribution in [0.2, 0.25) is 0 Å². The number of aromatic nitrogens is 4. The van der Waals surface area contributed by atoms with E-state index in [2.05, 4.69) is 56.9 Å². The van der Waals surface area contributed by atoms with E-state index < -0.39 is 0 Å². The molecule has 3 heterocycles.